The number of nitrogens with one attached hydrogen (secondary N) is 1. The van der Waals surface area contributed by atoms with E-state index in [4.69, 9.17) is 0 Å². The summed E-state index contributed by atoms with van der Waals surface area (Å²) in [6.07, 6.45) is 3.46. The van der Waals surface area contributed by atoms with Crippen LogP contribution in [0.5, 0.6) is 0 Å². The Balaban J connectivity index is 1.77. The second-order valence-electron chi connectivity index (χ2n) is 7.10. The van der Waals surface area contributed by atoms with Gasteiger partial charge in [0.25, 0.3) is 5.91 Å². The SMILES string of the molecule is CCc1cc(N[C@@H]2CCN(c3nc(C(=O)N(C)C)nc(C)c3C)C2)ncn1. The lowest BCUT2D eigenvalue weighted by molar-refractivity contribution is 0.0815. The van der Waals surface area contributed by atoms with Gasteiger partial charge in [-0.05, 0) is 26.7 Å². The van der Waals surface area contributed by atoms with Gasteiger partial charge in [-0.25, -0.2) is 19.9 Å². The zero-order chi connectivity index (χ0) is 19.6. The van der Waals surface area contributed by atoms with Crippen LogP contribution in [0.25, 0.3) is 0 Å². The van der Waals surface area contributed by atoms with Crippen LogP contribution in [0, 0.1) is 13.8 Å². The molecule has 8 heteroatoms. The number of hydrogen-bond acceptors (Lipinski definition) is 7. The Hall–Kier alpha value is -2.77. The van der Waals surface area contributed by atoms with Gasteiger partial charge in [0.2, 0.25) is 5.82 Å². The summed E-state index contributed by atoms with van der Waals surface area (Å²) >= 11 is 0. The van der Waals surface area contributed by atoms with Crippen molar-refractivity contribution in [3.05, 3.63) is 35.2 Å². The number of amides is 1. The van der Waals surface area contributed by atoms with E-state index < -0.39 is 0 Å². The largest absolute Gasteiger partial charge is 0.365 e. The lowest BCUT2D eigenvalue weighted by atomic mass is 10.2. The zero-order valence-electron chi connectivity index (χ0n) is 16.7. The van der Waals surface area contributed by atoms with Gasteiger partial charge in [0.05, 0.1) is 0 Å². The number of aromatic nitrogens is 4. The molecule has 144 valence electrons. The maximum Gasteiger partial charge on any atom is 0.291 e. The molecule has 1 aliphatic rings. The summed E-state index contributed by atoms with van der Waals surface area (Å²) in [4.78, 5) is 33.5. The average Bonchev–Trinajstić information content (AvgIpc) is 3.11. The van der Waals surface area contributed by atoms with Crippen molar-refractivity contribution in [1.82, 2.24) is 24.8 Å². The summed E-state index contributed by atoms with van der Waals surface area (Å²) in [5.41, 5.74) is 2.88. The Bertz CT molecular complexity index is 837. The standard InChI is InChI=1S/C19H27N7O/c1-6-14-9-16(21-11-20-14)23-15-7-8-26(10-15)18-12(2)13(3)22-17(24-18)19(27)25(4)5/h9,11,15H,6-8,10H2,1-5H3,(H,20,21,23)/t15-/m1/s1. The number of anilines is 2. The summed E-state index contributed by atoms with van der Waals surface area (Å²) in [6, 6.07) is 2.27. The average molecular weight is 369 g/mol. The third kappa shape index (κ3) is 4.15. The topological polar surface area (TPSA) is 87.1 Å². The molecule has 1 aliphatic heterocycles. The molecule has 1 atom stereocenters. The molecule has 2 aromatic rings. The molecule has 0 radical (unpaired) electrons. The molecular formula is C19H27N7O. The normalized spacial score (nSPS) is 16.5. The minimum absolute atomic E-state index is 0.179. The third-order valence-electron chi connectivity index (χ3n) is 4.89. The Labute approximate surface area is 160 Å². The number of carbonyl (C=O) groups excluding carboxylic acids is 1. The molecule has 0 aliphatic carbocycles. The van der Waals surface area contributed by atoms with Gasteiger partial charge in [0.1, 0.15) is 18.0 Å². The molecule has 1 amide bonds. The van der Waals surface area contributed by atoms with Gasteiger partial charge in [-0.15, -0.1) is 0 Å². The molecule has 0 unspecified atom stereocenters. The molecule has 27 heavy (non-hydrogen) atoms. The molecule has 0 aromatic carbocycles. The van der Waals surface area contributed by atoms with Crippen LogP contribution in [-0.4, -0.2) is 64.0 Å². The van der Waals surface area contributed by atoms with Gasteiger partial charge in [-0.2, -0.15) is 0 Å². The first-order valence-electron chi connectivity index (χ1n) is 9.28. The zero-order valence-corrected chi connectivity index (χ0v) is 16.7. The predicted molar refractivity (Wildman–Crippen MR) is 105 cm³/mol. The van der Waals surface area contributed by atoms with E-state index in [0.29, 0.717) is 0 Å². The number of rotatable bonds is 5. The van der Waals surface area contributed by atoms with Crippen LogP contribution < -0.4 is 10.2 Å². The van der Waals surface area contributed by atoms with Crippen LogP contribution in [-0.2, 0) is 6.42 Å². The summed E-state index contributed by atoms with van der Waals surface area (Å²) in [5.74, 6) is 1.76. The molecule has 1 N–H and O–H groups in total. The second kappa shape index (κ2) is 7.85. The van der Waals surface area contributed by atoms with E-state index in [1.807, 2.05) is 19.9 Å². The number of aryl methyl sites for hydroxylation is 2. The van der Waals surface area contributed by atoms with Gasteiger partial charge in [-0.3, -0.25) is 4.79 Å². The predicted octanol–water partition coefficient (Wildman–Crippen LogP) is 1.84. The summed E-state index contributed by atoms with van der Waals surface area (Å²) in [6.45, 7) is 7.68. The highest BCUT2D eigenvalue weighted by molar-refractivity contribution is 5.90. The molecule has 1 fully saturated rings. The minimum atomic E-state index is -0.179. The fraction of sp³-hybridized carbons (Fsp3) is 0.526. The molecule has 0 saturated carbocycles. The Morgan fingerprint density at radius 2 is 2.07 bits per heavy atom. The Kier molecular flexibility index (Phi) is 5.53. The molecule has 2 aromatic heterocycles. The Morgan fingerprint density at radius 3 is 2.78 bits per heavy atom. The van der Waals surface area contributed by atoms with E-state index in [2.05, 4.69) is 37.1 Å². The molecule has 3 rings (SSSR count). The maximum absolute atomic E-state index is 12.3. The van der Waals surface area contributed by atoms with Crippen molar-refractivity contribution in [1.29, 1.82) is 0 Å². The van der Waals surface area contributed by atoms with Crippen molar-refractivity contribution in [2.45, 2.75) is 39.7 Å². The monoisotopic (exact) mass is 369 g/mol. The van der Waals surface area contributed by atoms with Crippen molar-refractivity contribution < 1.29 is 4.79 Å². The van der Waals surface area contributed by atoms with Crippen molar-refractivity contribution in [3.63, 3.8) is 0 Å². The van der Waals surface area contributed by atoms with E-state index in [1.54, 1.807) is 20.4 Å². The van der Waals surface area contributed by atoms with E-state index in [-0.39, 0.29) is 17.8 Å². The minimum Gasteiger partial charge on any atom is -0.365 e. The van der Waals surface area contributed by atoms with E-state index >= 15 is 0 Å². The molecule has 8 nitrogen and oxygen atoms in total. The van der Waals surface area contributed by atoms with Crippen LogP contribution in [0.15, 0.2) is 12.4 Å². The van der Waals surface area contributed by atoms with Crippen LogP contribution in [0.3, 0.4) is 0 Å². The molecule has 0 bridgehead atoms. The lowest BCUT2D eigenvalue weighted by Gasteiger charge is -2.22. The van der Waals surface area contributed by atoms with Gasteiger partial charge in [0.15, 0.2) is 0 Å². The van der Waals surface area contributed by atoms with Crippen LogP contribution >= 0.6 is 0 Å². The summed E-state index contributed by atoms with van der Waals surface area (Å²) in [7, 11) is 3.42. The fourth-order valence-corrected chi connectivity index (χ4v) is 3.17. The second-order valence-corrected chi connectivity index (χ2v) is 7.10. The number of carbonyl (C=O) groups is 1. The highest BCUT2D eigenvalue weighted by atomic mass is 16.2. The first-order chi connectivity index (χ1) is 12.9. The molecule has 0 spiro atoms. The number of nitrogens with zero attached hydrogens (tertiary/aromatic N) is 6. The Morgan fingerprint density at radius 1 is 1.30 bits per heavy atom. The fourth-order valence-electron chi connectivity index (χ4n) is 3.17. The van der Waals surface area contributed by atoms with Crippen molar-refractivity contribution in [2.75, 3.05) is 37.4 Å². The highest BCUT2D eigenvalue weighted by Crippen LogP contribution is 2.25. The summed E-state index contributed by atoms with van der Waals surface area (Å²) in [5, 5.41) is 3.49. The van der Waals surface area contributed by atoms with E-state index in [0.717, 1.165) is 54.5 Å². The van der Waals surface area contributed by atoms with Crippen molar-refractivity contribution >= 4 is 17.5 Å². The van der Waals surface area contributed by atoms with Gasteiger partial charge >= 0.3 is 0 Å². The first-order valence-corrected chi connectivity index (χ1v) is 9.28. The third-order valence-corrected chi connectivity index (χ3v) is 4.89. The van der Waals surface area contributed by atoms with Crippen LogP contribution in [0.4, 0.5) is 11.6 Å². The van der Waals surface area contributed by atoms with Crippen LogP contribution in [0.1, 0.15) is 40.9 Å². The van der Waals surface area contributed by atoms with Gasteiger partial charge in [-0.1, -0.05) is 6.92 Å². The molecular weight excluding hydrogens is 342 g/mol. The van der Waals surface area contributed by atoms with E-state index in [9.17, 15) is 4.79 Å². The van der Waals surface area contributed by atoms with Crippen LogP contribution in [0.2, 0.25) is 0 Å². The van der Waals surface area contributed by atoms with Gasteiger partial charge < -0.3 is 15.1 Å². The number of hydrogen-bond donors (Lipinski definition) is 1. The maximum atomic E-state index is 12.3. The van der Waals surface area contributed by atoms with Crippen molar-refractivity contribution in [3.8, 4) is 0 Å². The summed E-state index contributed by atoms with van der Waals surface area (Å²) < 4.78 is 0. The highest BCUT2D eigenvalue weighted by Gasteiger charge is 2.27. The molecule has 1 saturated heterocycles. The first kappa shape index (κ1) is 19.0. The smallest absolute Gasteiger partial charge is 0.291 e. The molecule has 3 heterocycles. The quantitative estimate of drug-likeness (QED) is 0.860. The lowest BCUT2D eigenvalue weighted by Crippen LogP contribution is -2.30. The van der Waals surface area contributed by atoms with Gasteiger partial charge in [0, 0.05) is 56.2 Å². The van der Waals surface area contributed by atoms with Crippen molar-refractivity contribution in [2.24, 2.45) is 0 Å². The van der Waals surface area contributed by atoms with E-state index in [1.165, 1.54) is 4.90 Å².